The van der Waals surface area contributed by atoms with Crippen LogP contribution in [0.25, 0.3) is 0 Å². The van der Waals surface area contributed by atoms with Crippen LogP contribution in [-0.4, -0.2) is 113 Å². The summed E-state index contributed by atoms with van der Waals surface area (Å²) in [7, 11) is 0. The number of allylic oxidation sites excluding steroid dienone is 2. The molecule has 0 aromatic heterocycles. The van der Waals surface area contributed by atoms with Gasteiger partial charge in [0.2, 0.25) is 5.91 Å². The summed E-state index contributed by atoms with van der Waals surface area (Å²) in [6.45, 7) is -0.0470. The predicted molar refractivity (Wildman–Crippen MR) is 125 cm³/mol. The Bertz CT molecular complexity index is 787. The van der Waals surface area contributed by atoms with Crippen LogP contribution in [-0.2, 0) is 23.7 Å². The van der Waals surface area contributed by atoms with E-state index in [4.69, 9.17) is 41.9 Å². The number of nitrogens with two attached hydrogens (primary N) is 4. The van der Waals surface area contributed by atoms with Gasteiger partial charge >= 0.3 is 0 Å². The molecule has 1 amide bonds. The number of amides is 1. The lowest BCUT2D eigenvalue weighted by atomic mass is 9.83. The fourth-order valence-corrected chi connectivity index (χ4v) is 4.45. The molecule has 0 bridgehead atoms. The minimum atomic E-state index is -1.43. The summed E-state index contributed by atoms with van der Waals surface area (Å²) in [5, 5.41) is 44.0. The highest BCUT2D eigenvalue weighted by Gasteiger charge is 2.49. The maximum absolute atomic E-state index is 12.5. The number of nitrogens with one attached hydrogen (secondary N) is 1. The average molecular weight is 518 g/mol. The summed E-state index contributed by atoms with van der Waals surface area (Å²) >= 11 is 0. The molecule has 0 spiro atoms. The van der Waals surface area contributed by atoms with Crippen molar-refractivity contribution >= 4 is 5.91 Å². The summed E-state index contributed by atoms with van der Waals surface area (Å²) in [5.74, 6) is -0.620. The molecule has 3 rings (SSSR count). The Balaban J connectivity index is 1.81. The lowest BCUT2D eigenvalue weighted by molar-refractivity contribution is -0.289. The van der Waals surface area contributed by atoms with Crippen LogP contribution in [0.3, 0.4) is 0 Å². The Labute approximate surface area is 209 Å². The second-order valence-corrected chi connectivity index (χ2v) is 9.24. The van der Waals surface area contributed by atoms with Gasteiger partial charge in [0.1, 0.15) is 36.6 Å². The number of hydrogen-bond donors (Lipinski definition) is 9. The van der Waals surface area contributed by atoms with Crippen LogP contribution in [0.5, 0.6) is 0 Å². The van der Waals surface area contributed by atoms with Crippen molar-refractivity contribution < 1.29 is 44.2 Å². The first-order chi connectivity index (χ1) is 17.2. The second kappa shape index (κ2) is 13.1. The van der Waals surface area contributed by atoms with E-state index in [2.05, 4.69) is 5.32 Å². The first-order valence-corrected chi connectivity index (χ1v) is 12.1. The van der Waals surface area contributed by atoms with Gasteiger partial charge in [0.25, 0.3) is 5.95 Å². The summed E-state index contributed by atoms with van der Waals surface area (Å²) in [4.78, 5) is 12.5. The van der Waals surface area contributed by atoms with E-state index < -0.39 is 73.1 Å². The molecule has 36 heavy (non-hydrogen) atoms. The molecule has 2 fully saturated rings. The SMILES string of the molecule is NCC[C@H](O)C(=O)N[C@@H]1C[C@H](N)C(OC2=CC=C[C@@H](CN)O2)C(O)[C@H]1O[C@H]1OC(CO)C[C@H](N)C1O. The van der Waals surface area contributed by atoms with Crippen LogP contribution in [0, 0.1) is 0 Å². The highest BCUT2D eigenvalue weighted by atomic mass is 16.7. The predicted octanol–water partition coefficient (Wildman–Crippen LogP) is -4.41. The molecule has 1 aliphatic carbocycles. The molecule has 1 saturated heterocycles. The molecule has 206 valence electrons. The van der Waals surface area contributed by atoms with Gasteiger partial charge in [-0.25, -0.2) is 0 Å². The molecular weight excluding hydrogens is 478 g/mol. The van der Waals surface area contributed by atoms with Crippen molar-refractivity contribution in [3.8, 4) is 0 Å². The minimum Gasteiger partial charge on any atom is -0.458 e. The molecule has 4 unspecified atom stereocenters. The van der Waals surface area contributed by atoms with Gasteiger partial charge in [-0.3, -0.25) is 4.79 Å². The lowest BCUT2D eigenvalue weighted by Gasteiger charge is -2.46. The Morgan fingerprint density at radius 2 is 1.92 bits per heavy atom. The molecular formula is C22H39N5O9. The van der Waals surface area contributed by atoms with Crippen molar-refractivity contribution in [1.29, 1.82) is 0 Å². The van der Waals surface area contributed by atoms with E-state index in [1.54, 1.807) is 18.2 Å². The quantitative estimate of drug-likeness (QED) is 0.133. The molecule has 14 nitrogen and oxygen atoms in total. The highest BCUT2D eigenvalue weighted by Crippen LogP contribution is 2.30. The maximum atomic E-state index is 12.5. The summed E-state index contributed by atoms with van der Waals surface area (Å²) in [6, 6.07) is -2.43. The van der Waals surface area contributed by atoms with Crippen LogP contribution in [0.1, 0.15) is 19.3 Å². The zero-order chi connectivity index (χ0) is 26.4. The number of carbonyl (C=O) groups excluding carboxylic acids is 1. The van der Waals surface area contributed by atoms with Gasteiger partial charge in [-0.05, 0) is 31.9 Å². The van der Waals surface area contributed by atoms with Gasteiger partial charge in [-0.2, -0.15) is 0 Å². The Hall–Kier alpha value is -1.85. The van der Waals surface area contributed by atoms with E-state index in [1.165, 1.54) is 0 Å². The Morgan fingerprint density at radius 3 is 2.58 bits per heavy atom. The fraction of sp³-hybridized carbons (Fsp3) is 0.773. The molecule has 1 saturated carbocycles. The van der Waals surface area contributed by atoms with Crippen molar-refractivity contribution in [2.75, 3.05) is 19.7 Å². The summed E-state index contributed by atoms with van der Waals surface area (Å²) in [5.41, 5.74) is 23.4. The number of ether oxygens (including phenoxy) is 4. The molecule has 3 aliphatic rings. The molecule has 0 aromatic carbocycles. The van der Waals surface area contributed by atoms with Gasteiger partial charge in [-0.1, -0.05) is 6.08 Å². The molecule has 11 atom stereocenters. The largest absolute Gasteiger partial charge is 0.458 e. The van der Waals surface area contributed by atoms with Crippen LogP contribution < -0.4 is 28.3 Å². The van der Waals surface area contributed by atoms with Crippen LogP contribution in [0.15, 0.2) is 24.2 Å². The van der Waals surface area contributed by atoms with Gasteiger partial charge in [0.15, 0.2) is 6.29 Å². The van der Waals surface area contributed by atoms with Gasteiger partial charge < -0.3 is 67.6 Å². The first kappa shape index (κ1) is 28.7. The summed E-state index contributed by atoms with van der Waals surface area (Å²) < 4.78 is 23.1. The Morgan fingerprint density at radius 1 is 1.17 bits per heavy atom. The third kappa shape index (κ3) is 6.92. The van der Waals surface area contributed by atoms with Gasteiger partial charge in [0.05, 0.1) is 18.8 Å². The minimum absolute atomic E-state index is 0.0310. The standard InChI is InChI=1S/C22H39N5O9/c23-5-4-15(29)21(32)27-14-7-13(26)19(35-16-3-1-2-10(8-24)33-16)18(31)20(14)36-22-17(30)12(25)6-11(9-28)34-22/h1-3,10-15,17-20,22,28-31H,4-9,23-26H2,(H,27,32)/t10-,11?,12-,13-,14+,15-,17?,18?,19?,20-,22+/m0/s1. The van der Waals surface area contributed by atoms with Crippen molar-refractivity contribution in [2.45, 2.75) is 86.4 Å². The third-order valence-corrected chi connectivity index (χ3v) is 6.47. The summed E-state index contributed by atoms with van der Waals surface area (Å²) in [6.07, 6.45) is -3.40. The van der Waals surface area contributed by atoms with Crippen molar-refractivity contribution in [3.05, 3.63) is 24.2 Å². The zero-order valence-electron chi connectivity index (χ0n) is 20.0. The fourth-order valence-electron chi connectivity index (χ4n) is 4.45. The van der Waals surface area contributed by atoms with Gasteiger partial charge in [0, 0.05) is 24.7 Å². The number of rotatable bonds is 10. The molecule has 13 N–H and O–H groups in total. The lowest BCUT2D eigenvalue weighted by Crippen LogP contribution is -2.67. The smallest absolute Gasteiger partial charge is 0.280 e. The molecule has 2 heterocycles. The van der Waals surface area contributed by atoms with Crippen LogP contribution >= 0.6 is 0 Å². The van der Waals surface area contributed by atoms with E-state index >= 15 is 0 Å². The number of hydrogen-bond acceptors (Lipinski definition) is 13. The third-order valence-electron chi connectivity index (χ3n) is 6.47. The second-order valence-electron chi connectivity index (χ2n) is 9.24. The topological polar surface area (TPSA) is 251 Å². The Kier molecular flexibility index (Phi) is 10.4. The number of aliphatic hydroxyl groups excluding tert-OH is 4. The first-order valence-electron chi connectivity index (χ1n) is 12.1. The average Bonchev–Trinajstić information content (AvgIpc) is 2.86. The number of carbonyl (C=O) groups is 1. The van der Waals surface area contributed by atoms with Crippen LogP contribution in [0.4, 0.5) is 0 Å². The van der Waals surface area contributed by atoms with E-state index in [0.717, 1.165) is 0 Å². The normalized spacial score (nSPS) is 39.6. The van der Waals surface area contributed by atoms with Crippen LogP contribution in [0.2, 0.25) is 0 Å². The monoisotopic (exact) mass is 517 g/mol. The van der Waals surface area contributed by atoms with E-state index in [0.29, 0.717) is 0 Å². The van der Waals surface area contributed by atoms with Gasteiger partial charge in [-0.15, -0.1) is 0 Å². The van der Waals surface area contributed by atoms with Crippen molar-refractivity contribution in [1.82, 2.24) is 5.32 Å². The van der Waals surface area contributed by atoms with E-state index in [9.17, 15) is 25.2 Å². The van der Waals surface area contributed by atoms with E-state index in [1.807, 2.05) is 0 Å². The molecule has 0 radical (unpaired) electrons. The van der Waals surface area contributed by atoms with Crippen molar-refractivity contribution in [2.24, 2.45) is 22.9 Å². The maximum Gasteiger partial charge on any atom is 0.280 e. The molecule has 14 heteroatoms. The van der Waals surface area contributed by atoms with E-state index in [-0.39, 0.29) is 44.9 Å². The van der Waals surface area contributed by atoms with Crippen molar-refractivity contribution in [3.63, 3.8) is 0 Å². The highest BCUT2D eigenvalue weighted by molar-refractivity contribution is 5.80. The molecule has 2 aliphatic heterocycles. The zero-order valence-corrected chi connectivity index (χ0v) is 20.0. The number of aliphatic hydroxyl groups is 4. The molecule has 0 aromatic rings.